The Bertz CT molecular complexity index is 800. The summed E-state index contributed by atoms with van der Waals surface area (Å²) < 4.78 is 12.1. The van der Waals surface area contributed by atoms with Gasteiger partial charge < -0.3 is 19.7 Å². The van der Waals surface area contributed by atoms with Crippen LogP contribution in [0.3, 0.4) is 0 Å². The Balaban J connectivity index is 1.74. The number of rotatable bonds is 3. The van der Waals surface area contributed by atoms with Crippen molar-refractivity contribution in [3.05, 3.63) is 28.2 Å². The number of aromatic hydroxyl groups is 1. The van der Waals surface area contributed by atoms with Crippen molar-refractivity contribution >= 4 is 27.7 Å². The van der Waals surface area contributed by atoms with Gasteiger partial charge >= 0.3 is 0 Å². The van der Waals surface area contributed by atoms with Crippen LogP contribution in [0.1, 0.15) is 24.5 Å². The van der Waals surface area contributed by atoms with E-state index in [4.69, 9.17) is 9.47 Å². The van der Waals surface area contributed by atoms with Crippen LogP contribution in [-0.4, -0.2) is 53.5 Å². The summed E-state index contributed by atoms with van der Waals surface area (Å²) in [6, 6.07) is 5.02. The molecule has 7 nitrogen and oxygen atoms in total. The highest BCUT2D eigenvalue weighted by molar-refractivity contribution is 9.10. The van der Waals surface area contributed by atoms with Gasteiger partial charge in [0.25, 0.3) is 0 Å². The lowest BCUT2D eigenvalue weighted by molar-refractivity contribution is -0.275. The summed E-state index contributed by atoms with van der Waals surface area (Å²) in [5.41, 5.74) is 0.546. The molecule has 146 valence electrons. The Hall–Kier alpha value is -1.48. The minimum absolute atomic E-state index is 0.0660. The second kappa shape index (κ2) is 6.55. The number of hydrogen-bond donors (Lipinski definition) is 2. The molecule has 2 heterocycles. The SMILES string of the molecule is COC[C@H]1C[C@@H]2C(=O)N(C)C(=O)[C@@H]2[C@@H]2C[C@@H](c3cc(Br)ccc3O)O[C@]12O. The van der Waals surface area contributed by atoms with Gasteiger partial charge in [-0.1, -0.05) is 15.9 Å². The van der Waals surface area contributed by atoms with Crippen molar-refractivity contribution < 1.29 is 29.3 Å². The lowest BCUT2D eigenvalue weighted by atomic mass is 9.64. The largest absolute Gasteiger partial charge is 0.508 e. The normalized spacial score (nSPS) is 38.2. The lowest BCUT2D eigenvalue weighted by Gasteiger charge is -2.44. The van der Waals surface area contributed by atoms with Crippen molar-refractivity contribution in [2.24, 2.45) is 23.7 Å². The Morgan fingerprint density at radius 3 is 2.78 bits per heavy atom. The van der Waals surface area contributed by atoms with Crippen LogP contribution < -0.4 is 0 Å². The van der Waals surface area contributed by atoms with Crippen LogP contribution in [0.15, 0.2) is 22.7 Å². The molecule has 1 aromatic carbocycles. The molecule has 2 saturated heterocycles. The zero-order valence-electron chi connectivity index (χ0n) is 15.1. The monoisotopic (exact) mass is 439 g/mol. The number of methoxy groups -OCH3 is 1. The van der Waals surface area contributed by atoms with Gasteiger partial charge in [-0.3, -0.25) is 14.5 Å². The highest BCUT2D eigenvalue weighted by atomic mass is 79.9. The van der Waals surface area contributed by atoms with E-state index in [9.17, 15) is 19.8 Å². The maximum atomic E-state index is 12.7. The molecule has 2 aliphatic heterocycles. The predicted octanol–water partition coefficient (Wildman–Crippen LogP) is 1.82. The molecule has 3 aliphatic rings. The number of hydrogen-bond acceptors (Lipinski definition) is 6. The number of amides is 2. The number of carbonyl (C=O) groups excluding carboxylic acids is 2. The van der Waals surface area contributed by atoms with E-state index in [2.05, 4.69) is 15.9 Å². The Morgan fingerprint density at radius 2 is 2.07 bits per heavy atom. The zero-order valence-corrected chi connectivity index (χ0v) is 16.7. The number of halogens is 1. The number of benzene rings is 1. The molecule has 4 rings (SSSR count). The van der Waals surface area contributed by atoms with Crippen LogP contribution in [0.5, 0.6) is 5.75 Å². The van der Waals surface area contributed by atoms with Crippen molar-refractivity contribution in [2.75, 3.05) is 20.8 Å². The van der Waals surface area contributed by atoms with E-state index in [0.29, 0.717) is 18.4 Å². The van der Waals surface area contributed by atoms with Crippen LogP contribution >= 0.6 is 15.9 Å². The smallest absolute Gasteiger partial charge is 0.233 e. The van der Waals surface area contributed by atoms with Crippen LogP contribution in [0.4, 0.5) is 0 Å². The molecule has 27 heavy (non-hydrogen) atoms. The van der Waals surface area contributed by atoms with Crippen LogP contribution in [0.25, 0.3) is 0 Å². The van der Waals surface area contributed by atoms with E-state index >= 15 is 0 Å². The number of phenols is 1. The Kier molecular flexibility index (Phi) is 4.57. The summed E-state index contributed by atoms with van der Waals surface area (Å²) in [7, 11) is 3.02. The molecule has 1 aliphatic carbocycles. The van der Waals surface area contributed by atoms with Gasteiger partial charge in [0.2, 0.25) is 11.8 Å². The highest BCUT2D eigenvalue weighted by Gasteiger charge is 2.66. The average molecular weight is 440 g/mol. The van der Waals surface area contributed by atoms with Gasteiger partial charge in [-0.15, -0.1) is 0 Å². The van der Waals surface area contributed by atoms with E-state index < -0.39 is 35.6 Å². The number of ether oxygens (including phenoxy) is 2. The molecule has 0 spiro atoms. The van der Waals surface area contributed by atoms with E-state index in [1.54, 1.807) is 18.2 Å². The third-order valence-electron chi connectivity index (χ3n) is 6.29. The molecule has 0 radical (unpaired) electrons. The van der Waals surface area contributed by atoms with Crippen molar-refractivity contribution in [3.63, 3.8) is 0 Å². The average Bonchev–Trinajstić information content (AvgIpc) is 3.09. The minimum atomic E-state index is -1.59. The summed E-state index contributed by atoms with van der Waals surface area (Å²) in [6.07, 6.45) is 0.0937. The number of phenolic OH excluding ortho intramolecular Hbond substituents is 1. The number of imide groups is 1. The molecule has 0 bridgehead atoms. The maximum Gasteiger partial charge on any atom is 0.233 e. The van der Waals surface area contributed by atoms with Gasteiger partial charge in [-0.05, 0) is 31.0 Å². The standard InChI is InChI=1S/C19H22BrNO6/c1-21-17(23)12-5-9(8-26-2)19(25)13(16(12)18(21)24)7-15(27-19)11-6-10(20)3-4-14(11)22/h3-4,6,9,12-13,15-16,22,25H,5,7-8H2,1-2H3/t9-,12+,13+,15+,16+,19-/m1/s1. The first-order valence-corrected chi connectivity index (χ1v) is 9.76. The topological polar surface area (TPSA) is 96.3 Å². The zero-order chi connectivity index (χ0) is 19.5. The molecular weight excluding hydrogens is 418 g/mol. The van der Waals surface area contributed by atoms with E-state index in [1.165, 1.54) is 14.2 Å². The van der Waals surface area contributed by atoms with Gasteiger partial charge in [0.15, 0.2) is 5.79 Å². The molecule has 3 fully saturated rings. The number of fused-ring (bicyclic) bond motifs is 3. The minimum Gasteiger partial charge on any atom is -0.508 e. The van der Waals surface area contributed by atoms with Crippen molar-refractivity contribution in [1.29, 1.82) is 0 Å². The molecule has 6 atom stereocenters. The molecular formula is C19H22BrNO6. The maximum absolute atomic E-state index is 12.7. The second-order valence-electron chi connectivity index (χ2n) is 7.66. The van der Waals surface area contributed by atoms with Gasteiger partial charge in [0.1, 0.15) is 5.75 Å². The molecule has 1 saturated carbocycles. The van der Waals surface area contributed by atoms with Crippen molar-refractivity contribution in [1.82, 2.24) is 4.90 Å². The summed E-state index contributed by atoms with van der Waals surface area (Å²) in [4.78, 5) is 26.4. The number of nitrogens with zero attached hydrogens (tertiary/aromatic N) is 1. The first-order chi connectivity index (χ1) is 12.8. The van der Waals surface area contributed by atoms with Gasteiger partial charge in [-0.2, -0.15) is 0 Å². The first kappa shape index (κ1) is 18.9. The summed E-state index contributed by atoms with van der Waals surface area (Å²) >= 11 is 3.39. The van der Waals surface area contributed by atoms with Crippen molar-refractivity contribution in [2.45, 2.75) is 24.7 Å². The Morgan fingerprint density at radius 1 is 1.33 bits per heavy atom. The molecule has 0 aromatic heterocycles. The molecule has 8 heteroatoms. The summed E-state index contributed by atoms with van der Waals surface area (Å²) in [6.45, 7) is 0.221. The third kappa shape index (κ3) is 2.73. The Labute approximate surface area is 165 Å². The predicted molar refractivity (Wildman–Crippen MR) is 97.4 cm³/mol. The summed E-state index contributed by atoms with van der Waals surface area (Å²) in [5.74, 6) is -4.05. The van der Waals surface area contributed by atoms with Crippen LogP contribution in [0, 0.1) is 23.7 Å². The van der Waals surface area contributed by atoms with Crippen molar-refractivity contribution in [3.8, 4) is 5.75 Å². The molecule has 2 N–H and O–H groups in total. The quantitative estimate of drug-likeness (QED) is 0.697. The van der Waals surface area contributed by atoms with E-state index in [0.717, 1.165) is 9.37 Å². The molecule has 1 aromatic rings. The highest BCUT2D eigenvalue weighted by Crippen LogP contribution is 2.58. The lowest BCUT2D eigenvalue weighted by Crippen LogP contribution is -2.54. The van der Waals surface area contributed by atoms with Gasteiger partial charge in [0.05, 0.1) is 24.5 Å². The van der Waals surface area contributed by atoms with E-state index in [-0.39, 0.29) is 24.2 Å². The van der Waals surface area contributed by atoms with Crippen LogP contribution in [-0.2, 0) is 19.1 Å². The number of aliphatic hydroxyl groups is 1. The van der Waals surface area contributed by atoms with Gasteiger partial charge in [-0.25, -0.2) is 0 Å². The number of carbonyl (C=O) groups is 2. The molecule has 2 amide bonds. The fourth-order valence-electron chi connectivity index (χ4n) is 5.01. The number of likely N-dealkylation sites (tertiary alicyclic amines) is 1. The second-order valence-corrected chi connectivity index (χ2v) is 8.58. The van der Waals surface area contributed by atoms with Crippen LogP contribution in [0.2, 0.25) is 0 Å². The van der Waals surface area contributed by atoms with E-state index in [1.807, 2.05) is 0 Å². The van der Waals surface area contributed by atoms with Gasteiger partial charge in [0, 0.05) is 36.0 Å². The fraction of sp³-hybridized carbons (Fsp3) is 0.579. The third-order valence-corrected chi connectivity index (χ3v) is 6.78. The molecule has 0 unspecified atom stereocenters. The summed E-state index contributed by atoms with van der Waals surface area (Å²) in [5, 5.41) is 21.7. The fourth-order valence-corrected chi connectivity index (χ4v) is 5.39. The first-order valence-electron chi connectivity index (χ1n) is 8.96.